The minimum Gasteiger partial charge on any atom is -0.495 e. The molecule has 0 bridgehead atoms. The fraction of sp³-hybridized carbons (Fsp3) is 0.400. The van der Waals surface area contributed by atoms with Crippen molar-refractivity contribution in [2.45, 2.75) is 13.3 Å². The van der Waals surface area contributed by atoms with Crippen LogP contribution in [-0.4, -0.2) is 13.7 Å². The van der Waals surface area contributed by atoms with Gasteiger partial charge in [-0.05, 0) is 30.5 Å². The van der Waals surface area contributed by atoms with Gasteiger partial charge in [-0.1, -0.05) is 17.7 Å². The van der Waals surface area contributed by atoms with E-state index < -0.39 is 0 Å². The number of halogens is 1. The first-order valence-electron chi connectivity index (χ1n) is 4.33. The quantitative estimate of drug-likeness (QED) is 0.783. The van der Waals surface area contributed by atoms with Crippen molar-refractivity contribution in [3.8, 4) is 5.75 Å². The first kappa shape index (κ1) is 11.3. The van der Waals surface area contributed by atoms with Gasteiger partial charge in [0, 0.05) is 0 Å². The van der Waals surface area contributed by atoms with E-state index in [9.17, 15) is 0 Å². The van der Waals surface area contributed by atoms with Crippen LogP contribution >= 0.6 is 11.6 Å². The number of aryl methyl sites for hydroxylation is 1. The monoisotopic (exact) mass is 215 g/mol. The Morgan fingerprint density at radius 3 is 2.71 bits per heavy atom. The van der Waals surface area contributed by atoms with Crippen molar-refractivity contribution < 1.29 is 9.57 Å². The third kappa shape index (κ3) is 2.61. The molecular formula is C10H14ClNO2. The SMILES string of the molecule is COc1cc(C)cc(CCON)c1Cl. The molecule has 0 fully saturated rings. The summed E-state index contributed by atoms with van der Waals surface area (Å²) < 4.78 is 5.14. The minimum absolute atomic E-state index is 0.451. The van der Waals surface area contributed by atoms with Gasteiger partial charge in [0.25, 0.3) is 0 Å². The van der Waals surface area contributed by atoms with Crippen molar-refractivity contribution in [3.63, 3.8) is 0 Å². The zero-order chi connectivity index (χ0) is 10.6. The number of benzene rings is 1. The topological polar surface area (TPSA) is 44.5 Å². The van der Waals surface area contributed by atoms with E-state index in [-0.39, 0.29) is 0 Å². The molecule has 0 saturated carbocycles. The summed E-state index contributed by atoms with van der Waals surface area (Å²) in [5.74, 6) is 5.65. The van der Waals surface area contributed by atoms with Crippen LogP contribution in [0.15, 0.2) is 12.1 Å². The maximum absolute atomic E-state index is 6.10. The number of methoxy groups -OCH3 is 1. The van der Waals surface area contributed by atoms with Crippen LogP contribution in [0.2, 0.25) is 5.02 Å². The van der Waals surface area contributed by atoms with E-state index in [4.69, 9.17) is 22.2 Å². The zero-order valence-electron chi connectivity index (χ0n) is 8.34. The highest BCUT2D eigenvalue weighted by molar-refractivity contribution is 6.32. The summed E-state index contributed by atoms with van der Waals surface area (Å²) in [7, 11) is 1.60. The molecule has 1 rings (SSSR count). The minimum atomic E-state index is 0.451. The maximum Gasteiger partial charge on any atom is 0.137 e. The van der Waals surface area contributed by atoms with E-state index in [1.807, 2.05) is 19.1 Å². The summed E-state index contributed by atoms with van der Waals surface area (Å²) in [6.07, 6.45) is 0.688. The number of nitrogens with two attached hydrogens (primary N) is 1. The predicted octanol–water partition coefficient (Wildman–Crippen LogP) is 2.09. The second-order valence-electron chi connectivity index (χ2n) is 3.06. The molecular weight excluding hydrogens is 202 g/mol. The van der Waals surface area contributed by atoms with Crippen LogP contribution < -0.4 is 10.6 Å². The lowest BCUT2D eigenvalue weighted by Gasteiger charge is -2.09. The normalized spacial score (nSPS) is 10.3. The summed E-state index contributed by atoms with van der Waals surface area (Å²) >= 11 is 6.10. The van der Waals surface area contributed by atoms with E-state index >= 15 is 0 Å². The van der Waals surface area contributed by atoms with Crippen molar-refractivity contribution >= 4 is 11.6 Å². The molecule has 3 nitrogen and oxygen atoms in total. The van der Waals surface area contributed by atoms with Crippen molar-refractivity contribution in [1.82, 2.24) is 0 Å². The van der Waals surface area contributed by atoms with Gasteiger partial charge in [-0.2, -0.15) is 0 Å². The molecule has 4 heteroatoms. The van der Waals surface area contributed by atoms with E-state index in [1.54, 1.807) is 7.11 Å². The van der Waals surface area contributed by atoms with Gasteiger partial charge in [0.2, 0.25) is 0 Å². The second-order valence-corrected chi connectivity index (χ2v) is 3.44. The molecule has 14 heavy (non-hydrogen) atoms. The predicted molar refractivity (Wildman–Crippen MR) is 56.6 cm³/mol. The molecule has 0 atom stereocenters. The van der Waals surface area contributed by atoms with Crippen molar-refractivity contribution in [3.05, 3.63) is 28.3 Å². The van der Waals surface area contributed by atoms with Gasteiger partial charge in [0.1, 0.15) is 5.75 Å². The second kappa shape index (κ2) is 5.20. The smallest absolute Gasteiger partial charge is 0.137 e. The standard InChI is InChI=1S/C10H14ClNO2/c1-7-5-8(3-4-14-12)10(11)9(6-7)13-2/h5-6H,3-4,12H2,1-2H3. The van der Waals surface area contributed by atoms with Gasteiger partial charge in [-0.25, -0.2) is 5.90 Å². The van der Waals surface area contributed by atoms with Crippen LogP contribution in [0.1, 0.15) is 11.1 Å². The number of hydrogen-bond acceptors (Lipinski definition) is 3. The van der Waals surface area contributed by atoms with Crippen molar-refractivity contribution in [1.29, 1.82) is 0 Å². The molecule has 1 aromatic carbocycles. The Labute approximate surface area is 88.7 Å². The molecule has 1 aromatic rings. The lowest BCUT2D eigenvalue weighted by atomic mass is 10.1. The van der Waals surface area contributed by atoms with Crippen LogP contribution in [0.3, 0.4) is 0 Å². The van der Waals surface area contributed by atoms with Gasteiger partial charge in [-0.3, -0.25) is 0 Å². The molecule has 0 aromatic heterocycles. The average Bonchev–Trinajstić information content (AvgIpc) is 2.18. The number of hydrogen-bond donors (Lipinski definition) is 1. The van der Waals surface area contributed by atoms with Gasteiger partial charge in [0.05, 0.1) is 18.7 Å². The Morgan fingerprint density at radius 2 is 2.14 bits per heavy atom. The molecule has 0 spiro atoms. The Hall–Kier alpha value is -0.770. The fourth-order valence-corrected chi connectivity index (χ4v) is 1.59. The van der Waals surface area contributed by atoms with Crippen LogP contribution in [-0.2, 0) is 11.3 Å². The van der Waals surface area contributed by atoms with E-state index in [1.165, 1.54) is 0 Å². The molecule has 0 saturated heterocycles. The van der Waals surface area contributed by atoms with Crippen LogP contribution in [0.5, 0.6) is 5.75 Å². The lowest BCUT2D eigenvalue weighted by molar-refractivity contribution is 0.141. The van der Waals surface area contributed by atoms with E-state index in [0.717, 1.165) is 11.1 Å². The number of rotatable bonds is 4. The van der Waals surface area contributed by atoms with E-state index in [2.05, 4.69) is 4.84 Å². The Kier molecular flexibility index (Phi) is 4.20. The summed E-state index contributed by atoms with van der Waals surface area (Å²) in [6, 6.07) is 3.90. The maximum atomic E-state index is 6.10. The Bertz CT molecular complexity index is 315. The van der Waals surface area contributed by atoms with Crippen LogP contribution in [0.4, 0.5) is 0 Å². The molecule has 78 valence electrons. The zero-order valence-corrected chi connectivity index (χ0v) is 9.10. The molecule has 0 heterocycles. The Morgan fingerprint density at radius 1 is 1.43 bits per heavy atom. The third-order valence-electron chi connectivity index (χ3n) is 1.97. The van der Waals surface area contributed by atoms with Crippen molar-refractivity contribution in [2.75, 3.05) is 13.7 Å². The summed E-state index contributed by atoms with van der Waals surface area (Å²) in [6.45, 7) is 2.44. The highest BCUT2D eigenvalue weighted by Gasteiger charge is 2.07. The van der Waals surface area contributed by atoms with Gasteiger partial charge < -0.3 is 9.57 Å². The first-order valence-corrected chi connectivity index (χ1v) is 4.71. The molecule has 0 aliphatic carbocycles. The highest BCUT2D eigenvalue weighted by atomic mass is 35.5. The van der Waals surface area contributed by atoms with Gasteiger partial charge in [-0.15, -0.1) is 0 Å². The first-order chi connectivity index (χ1) is 6.69. The summed E-state index contributed by atoms with van der Waals surface area (Å²) in [5, 5.41) is 0.634. The number of ether oxygens (including phenoxy) is 1. The summed E-state index contributed by atoms with van der Waals surface area (Å²) in [4.78, 5) is 4.51. The van der Waals surface area contributed by atoms with Crippen molar-refractivity contribution in [2.24, 2.45) is 5.90 Å². The molecule has 2 N–H and O–H groups in total. The molecule has 0 radical (unpaired) electrons. The lowest BCUT2D eigenvalue weighted by Crippen LogP contribution is -2.04. The largest absolute Gasteiger partial charge is 0.495 e. The summed E-state index contributed by atoms with van der Waals surface area (Å²) in [5.41, 5.74) is 2.10. The molecule has 0 aliphatic heterocycles. The van der Waals surface area contributed by atoms with E-state index in [0.29, 0.717) is 23.8 Å². The highest BCUT2D eigenvalue weighted by Crippen LogP contribution is 2.29. The fourth-order valence-electron chi connectivity index (χ4n) is 1.31. The molecule has 0 amide bonds. The van der Waals surface area contributed by atoms with Gasteiger partial charge in [0.15, 0.2) is 0 Å². The van der Waals surface area contributed by atoms with Crippen LogP contribution in [0, 0.1) is 6.92 Å². The Balaban J connectivity index is 2.96. The average molecular weight is 216 g/mol. The van der Waals surface area contributed by atoms with Gasteiger partial charge >= 0.3 is 0 Å². The third-order valence-corrected chi connectivity index (χ3v) is 2.40. The van der Waals surface area contributed by atoms with Crippen LogP contribution in [0.25, 0.3) is 0 Å². The molecule has 0 unspecified atom stereocenters. The molecule has 0 aliphatic rings.